The highest BCUT2D eigenvalue weighted by molar-refractivity contribution is 6.30. The first-order valence-electron chi connectivity index (χ1n) is 9.87. The minimum atomic E-state index is -1.23. The summed E-state index contributed by atoms with van der Waals surface area (Å²) >= 11 is 5.88. The van der Waals surface area contributed by atoms with Crippen molar-refractivity contribution in [3.05, 3.63) is 63.8 Å². The first-order valence-corrected chi connectivity index (χ1v) is 10.3. The fraction of sp³-hybridized carbons (Fsp3) is 0.304. The van der Waals surface area contributed by atoms with Gasteiger partial charge in [-0.1, -0.05) is 24.9 Å². The number of ether oxygens (including phenoxy) is 1. The van der Waals surface area contributed by atoms with Gasteiger partial charge in [-0.05, 0) is 50.1 Å². The highest BCUT2D eigenvalue weighted by atomic mass is 35.5. The van der Waals surface area contributed by atoms with Gasteiger partial charge in [0.25, 0.3) is 5.91 Å². The summed E-state index contributed by atoms with van der Waals surface area (Å²) in [5.74, 6) is -5.71. The number of hydrogen-bond acceptors (Lipinski definition) is 4. The number of aromatic nitrogens is 1. The number of carbonyl (C=O) groups is 2. The van der Waals surface area contributed by atoms with Crippen molar-refractivity contribution >= 4 is 34.4 Å². The van der Waals surface area contributed by atoms with Crippen molar-refractivity contribution in [2.45, 2.75) is 39.5 Å². The summed E-state index contributed by atoms with van der Waals surface area (Å²) in [6.07, 6.45) is 1.51. The van der Waals surface area contributed by atoms with Gasteiger partial charge in [0.15, 0.2) is 17.4 Å². The van der Waals surface area contributed by atoms with Crippen LogP contribution < -0.4 is 0 Å². The van der Waals surface area contributed by atoms with E-state index in [1.165, 1.54) is 38.1 Å². The molecule has 8 heteroatoms. The van der Waals surface area contributed by atoms with Crippen LogP contribution in [-0.4, -0.2) is 28.2 Å². The van der Waals surface area contributed by atoms with E-state index in [1.807, 2.05) is 6.92 Å². The molecule has 5 nitrogen and oxygen atoms in total. The molecule has 0 unspecified atom stereocenters. The molecule has 1 N–H and O–H groups in total. The number of benzene rings is 2. The van der Waals surface area contributed by atoms with Crippen molar-refractivity contribution < 1.29 is 28.2 Å². The molecule has 0 radical (unpaired) electrons. The SMILES string of the molecule is CCCCOC(=O)[C@@H](C)c1c(C)n(C(=O)c2ccc(Cl)cc2)c2cc(F)c(O)c(F)c12. The zero-order valence-corrected chi connectivity index (χ0v) is 18.1. The van der Waals surface area contributed by atoms with Gasteiger partial charge in [-0.3, -0.25) is 14.2 Å². The predicted molar refractivity (Wildman–Crippen MR) is 114 cm³/mol. The number of phenolic OH excluding ortho intramolecular Hbond substituents is 1. The lowest BCUT2D eigenvalue weighted by molar-refractivity contribution is -0.145. The molecule has 0 aliphatic carbocycles. The Morgan fingerprint density at radius 2 is 1.87 bits per heavy atom. The van der Waals surface area contributed by atoms with Gasteiger partial charge in [0, 0.05) is 27.7 Å². The molecule has 0 saturated carbocycles. The van der Waals surface area contributed by atoms with Gasteiger partial charge in [-0.15, -0.1) is 0 Å². The Hall–Kier alpha value is -2.93. The van der Waals surface area contributed by atoms with Crippen molar-refractivity contribution in [1.29, 1.82) is 0 Å². The molecule has 0 amide bonds. The van der Waals surface area contributed by atoms with Crippen LogP contribution in [0.4, 0.5) is 8.78 Å². The Kier molecular flexibility index (Phi) is 6.65. The normalized spacial score (nSPS) is 12.2. The number of rotatable bonds is 6. The lowest BCUT2D eigenvalue weighted by atomic mass is 9.97. The summed E-state index contributed by atoms with van der Waals surface area (Å²) in [5, 5.41) is 10.1. The number of fused-ring (bicyclic) bond motifs is 1. The van der Waals surface area contributed by atoms with Crippen molar-refractivity contribution in [2.24, 2.45) is 0 Å². The van der Waals surface area contributed by atoms with Crippen LogP contribution in [0.5, 0.6) is 5.75 Å². The Bertz CT molecular complexity index is 1160. The summed E-state index contributed by atoms with van der Waals surface area (Å²) in [4.78, 5) is 25.8. The quantitative estimate of drug-likeness (QED) is 0.386. The standard InChI is InChI=1S/C23H22ClF2NO4/c1-4-5-10-31-23(30)12(2)18-13(3)27(22(29)14-6-8-15(24)9-7-14)17-11-16(25)21(28)20(26)19(17)18/h6-9,11-12,28H,4-5,10H2,1-3H3/t12-/m0/s1. The Labute approximate surface area is 183 Å². The van der Waals surface area contributed by atoms with Gasteiger partial charge in [0.05, 0.1) is 18.0 Å². The molecule has 1 atom stereocenters. The van der Waals surface area contributed by atoms with Gasteiger partial charge < -0.3 is 9.84 Å². The van der Waals surface area contributed by atoms with E-state index in [4.69, 9.17) is 16.3 Å². The van der Waals surface area contributed by atoms with Crippen LogP contribution in [0.3, 0.4) is 0 Å². The van der Waals surface area contributed by atoms with Crippen LogP contribution in [0.25, 0.3) is 10.9 Å². The van der Waals surface area contributed by atoms with E-state index in [0.29, 0.717) is 11.4 Å². The Morgan fingerprint density at radius 1 is 1.23 bits per heavy atom. The second-order valence-corrected chi connectivity index (χ2v) is 7.74. The molecule has 0 saturated heterocycles. The number of halogens is 3. The zero-order valence-electron chi connectivity index (χ0n) is 17.3. The summed E-state index contributed by atoms with van der Waals surface area (Å²) in [6.45, 7) is 5.22. The fourth-order valence-electron chi connectivity index (χ4n) is 3.58. The van der Waals surface area contributed by atoms with E-state index in [0.717, 1.165) is 17.1 Å². The molecule has 0 aliphatic rings. The molecular weight excluding hydrogens is 428 g/mol. The van der Waals surface area contributed by atoms with E-state index in [-0.39, 0.29) is 34.3 Å². The van der Waals surface area contributed by atoms with Crippen LogP contribution in [-0.2, 0) is 9.53 Å². The molecule has 164 valence electrons. The lowest BCUT2D eigenvalue weighted by Crippen LogP contribution is -2.17. The first kappa shape index (κ1) is 22.7. The number of carbonyl (C=O) groups excluding carboxylic acids is 2. The van der Waals surface area contributed by atoms with Crippen molar-refractivity contribution in [1.82, 2.24) is 4.57 Å². The number of phenols is 1. The maximum atomic E-state index is 15.0. The Morgan fingerprint density at radius 3 is 2.48 bits per heavy atom. The average Bonchev–Trinajstić information content (AvgIpc) is 3.03. The van der Waals surface area contributed by atoms with E-state index >= 15 is 0 Å². The van der Waals surface area contributed by atoms with E-state index < -0.39 is 35.2 Å². The minimum absolute atomic E-state index is 0.0894. The van der Waals surface area contributed by atoms with Crippen LogP contribution in [0, 0.1) is 18.6 Å². The summed E-state index contributed by atoms with van der Waals surface area (Å²) in [6, 6.07) is 6.92. The number of hydrogen-bond donors (Lipinski definition) is 1. The van der Waals surface area contributed by atoms with Crippen molar-refractivity contribution in [2.75, 3.05) is 6.61 Å². The monoisotopic (exact) mass is 449 g/mol. The fourth-order valence-corrected chi connectivity index (χ4v) is 3.71. The van der Waals surface area contributed by atoms with Crippen LogP contribution in [0.15, 0.2) is 30.3 Å². The highest BCUT2D eigenvalue weighted by Crippen LogP contribution is 2.39. The molecule has 0 aliphatic heterocycles. The molecule has 2 aromatic carbocycles. The number of nitrogens with zero attached hydrogens (tertiary/aromatic N) is 1. The van der Waals surface area contributed by atoms with Gasteiger partial charge >= 0.3 is 5.97 Å². The Balaban J connectivity index is 2.22. The number of unbranched alkanes of at least 4 members (excludes halogenated alkanes) is 1. The van der Waals surface area contributed by atoms with Crippen LogP contribution in [0.2, 0.25) is 5.02 Å². The molecule has 0 spiro atoms. The third-order valence-electron chi connectivity index (χ3n) is 5.23. The van der Waals surface area contributed by atoms with Gasteiger partial charge in [0.2, 0.25) is 0 Å². The maximum absolute atomic E-state index is 15.0. The third-order valence-corrected chi connectivity index (χ3v) is 5.48. The van der Waals surface area contributed by atoms with Crippen molar-refractivity contribution in [3.8, 4) is 5.75 Å². The molecule has 1 aromatic heterocycles. The largest absolute Gasteiger partial charge is 0.503 e. The molecule has 3 aromatic rings. The molecule has 1 heterocycles. The van der Waals surface area contributed by atoms with Crippen LogP contribution >= 0.6 is 11.6 Å². The second kappa shape index (κ2) is 9.06. The molecular formula is C23H22ClF2NO4. The predicted octanol–water partition coefficient (Wildman–Crippen LogP) is 5.72. The van der Waals surface area contributed by atoms with Crippen LogP contribution in [0.1, 0.15) is 54.2 Å². The first-order chi connectivity index (χ1) is 14.7. The summed E-state index contributed by atoms with van der Waals surface area (Å²) < 4.78 is 35.6. The maximum Gasteiger partial charge on any atom is 0.313 e. The van der Waals surface area contributed by atoms with Gasteiger partial charge in [-0.2, -0.15) is 0 Å². The number of aromatic hydroxyl groups is 1. The molecule has 31 heavy (non-hydrogen) atoms. The molecule has 0 fully saturated rings. The minimum Gasteiger partial charge on any atom is -0.503 e. The lowest BCUT2D eigenvalue weighted by Gasteiger charge is -2.13. The summed E-state index contributed by atoms with van der Waals surface area (Å²) in [5.41, 5.74) is 0.557. The molecule has 0 bridgehead atoms. The van der Waals surface area contributed by atoms with E-state index in [1.54, 1.807) is 0 Å². The summed E-state index contributed by atoms with van der Waals surface area (Å²) in [7, 11) is 0. The zero-order chi connectivity index (χ0) is 22.9. The van der Waals surface area contributed by atoms with Gasteiger partial charge in [0.1, 0.15) is 0 Å². The third kappa shape index (κ3) is 4.14. The van der Waals surface area contributed by atoms with E-state index in [9.17, 15) is 23.5 Å². The smallest absolute Gasteiger partial charge is 0.313 e. The van der Waals surface area contributed by atoms with Gasteiger partial charge in [-0.25, -0.2) is 8.78 Å². The number of esters is 1. The highest BCUT2D eigenvalue weighted by Gasteiger charge is 2.31. The van der Waals surface area contributed by atoms with Crippen molar-refractivity contribution in [3.63, 3.8) is 0 Å². The topological polar surface area (TPSA) is 68.5 Å². The van der Waals surface area contributed by atoms with E-state index in [2.05, 4.69) is 0 Å². The molecule has 3 rings (SSSR count). The second-order valence-electron chi connectivity index (χ2n) is 7.30. The average molecular weight is 450 g/mol.